The molecule has 1 atom stereocenters. The minimum absolute atomic E-state index is 0.115. The molecule has 1 unspecified atom stereocenters. The quantitative estimate of drug-likeness (QED) is 0.588. The smallest absolute Gasteiger partial charge is 0.240 e. The fraction of sp³-hybridized carbons (Fsp3) is 0.909. The van der Waals surface area contributed by atoms with Gasteiger partial charge in [-0.2, -0.15) is 0 Å². The number of carbonyl (C=O) groups excluding carboxylic acids is 1. The van der Waals surface area contributed by atoms with E-state index in [0.717, 1.165) is 0 Å². The van der Waals surface area contributed by atoms with Gasteiger partial charge in [0.1, 0.15) is 0 Å². The van der Waals surface area contributed by atoms with Crippen LogP contribution in [0.3, 0.4) is 0 Å². The fourth-order valence-electron chi connectivity index (χ4n) is 1.30. The Hall–Kier alpha value is -0.610. The number of rotatable bonds is 7. The fourth-order valence-corrected chi connectivity index (χ4v) is 1.30. The molecular formula is C11H24N2O2. The van der Waals surface area contributed by atoms with Gasteiger partial charge in [-0.1, -0.05) is 20.8 Å². The first-order valence-electron chi connectivity index (χ1n) is 5.75. The van der Waals surface area contributed by atoms with E-state index in [2.05, 4.69) is 5.32 Å². The summed E-state index contributed by atoms with van der Waals surface area (Å²) in [4.78, 5) is 11.7. The van der Waals surface area contributed by atoms with Gasteiger partial charge in [0.2, 0.25) is 5.91 Å². The monoisotopic (exact) mass is 216 g/mol. The largest absolute Gasteiger partial charge is 0.393 e. The van der Waals surface area contributed by atoms with Gasteiger partial charge in [0.15, 0.2) is 0 Å². The van der Waals surface area contributed by atoms with E-state index in [0.29, 0.717) is 32.2 Å². The zero-order valence-corrected chi connectivity index (χ0v) is 10.0. The highest BCUT2D eigenvalue weighted by Gasteiger charge is 2.29. The second kappa shape index (κ2) is 6.80. The van der Waals surface area contributed by atoms with Crippen molar-refractivity contribution < 1.29 is 9.90 Å². The van der Waals surface area contributed by atoms with E-state index in [1.165, 1.54) is 0 Å². The Balaban J connectivity index is 3.92. The van der Waals surface area contributed by atoms with Crippen LogP contribution in [0.15, 0.2) is 0 Å². The summed E-state index contributed by atoms with van der Waals surface area (Å²) >= 11 is 0. The molecule has 1 amide bonds. The van der Waals surface area contributed by atoms with E-state index in [9.17, 15) is 9.90 Å². The Kier molecular flexibility index (Phi) is 6.52. The Bertz CT molecular complexity index is 191. The van der Waals surface area contributed by atoms with E-state index in [1.54, 1.807) is 0 Å². The Morgan fingerprint density at radius 1 is 1.40 bits per heavy atom. The Labute approximate surface area is 92.2 Å². The van der Waals surface area contributed by atoms with Crippen molar-refractivity contribution in [2.75, 3.05) is 6.54 Å². The normalized spacial score (nSPS) is 13.7. The molecule has 0 aromatic carbocycles. The van der Waals surface area contributed by atoms with Crippen molar-refractivity contribution in [3.05, 3.63) is 0 Å². The Morgan fingerprint density at radius 3 is 2.33 bits per heavy atom. The van der Waals surface area contributed by atoms with E-state index in [-0.39, 0.29) is 12.0 Å². The highest BCUT2D eigenvalue weighted by molar-refractivity contribution is 5.85. The number of nitrogens with two attached hydrogens (primary N) is 1. The molecule has 0 aromatic rings. The molecule has 0 saturated carbocycles. The SMILES string of the molecule is CCC(O)CCNC(=O)C(N)(CC)CC. The molecule has 15 heavy (non-hydrogen) atoms. The molecule has 0 bridgehead atoms. The molecule has 4 nitrogen and oxygen atoms in total. The first-order valence-corrected chi connectivity index (χ1v) is 5.75. The number of amides is 1. The molecule has 4 N–H and O–H groups in total. The zero-order chi connectivity index (χ0) is 11.9. The van der Waals surface area contributed by atoms with Crippen LogP contribution in [0.4, 0.5) is 0 Å². The van der Waals surface area contributed by atoms with E-state index >= 15 is 0 Å². The third-order valence-electron chi connectivity index (χ3n) is 2.95. The van der Waals surface area contributed by atoms with Crippen molar-refractivity contribution in [3.63, 3.8) is 0 Å². The summed E-state index contributed by atoms with van der Waals surface area (Å²) in [6.07, 6.45) is 2.23. The van der Waals surface area contributed by atoms with Crippen molar-refractivity contribution in [2.45, 2.75) is 58.1 Å². The molecule has 90 valence electrons. The number of hydrogen-bond donors (Lipinski definition) is 3. The topological polar surface area (TPSA) is 75.3 Å². The van der Waals surface area contributed by atoms with E-state index in [1.807, 2.05) is 20.8 Å². The summed E-state index contributed by atoms with van der Waals surface area (Å²) in [6, 6.07) is 0. The molecule has 0 heterocycles. The van der Waals surface area contributed by atoms with Crippen LogP contribution in [-0.2, 0) is 4.79 Å². The minimum Gasteiger partial charge on any atom is -0.393 e. The van der Waals surface area contributed by atoms with Crippen LogP contribution in [0.5, 0.6) is 0 Å². The average molecular weight is 216 g/mol. The second-order valence-corrected chi connectivity index (χ2v) is 3.97. The van der Waals surface area contributed by atoms with Crippen molar-refractivity contribution in [1.29, 1.82) is 0 Å². The number of aliphatic hydroxyl groups excluding tert-OH is 1. The summed E-state index contributed by atoms with van der Waals surface area (Å²) in [5.41, 5.74) is 5.16. The van der Waals surface area contributed by atoms with Crippen molar-refractivity contribution in [2.24, 2.45) is 5.73 Å². The van der Waals surface area contributed by atoms with Crippen LogP contribution < -0.4 is 11.1 Å². The number of carbonyl (C=O) groups is 1. The van der Waals surface area contributed by atoms with Gasteiger partial charge >= 0.3 is 0 Å². The third-order valence-corrected chi connectivity index (χ3v) is 2.95. The van der Waals surface area contributed by atoms with Gasteiger partial charge < -0.3 is 16.2 Å². The summed E-state index contributed by atoms with van der Waals surface area (Å²) in [5.74, 6) is -0.115. The summed E-state index contributed by atoms with van der Waals surface area (Å²) in [5, 5.41) is 12.1. The van der Waals surface area contributed by atoms with Crippen LogP contribution in [-0.4, -0.2) is 29.2 Å². The van der Waals surface area contributed by atoms with Gasteiger partial charge in [-0.15, -0.1) is 0 Å². The van der Waals surface area contributed by atoms with Crippen molar-refractivity contribution in [1.82, 2.24) is 5.32 Å². The van der Waals surface area contributed by atoms with Crippen LogP contribution in [0.1, 0.15) is 46.5 Å². The van der Waals surface area contributed by atoms with Crippen LogP contribution in [0, 0.1) is 0 Å². The van der Waals surface area contributed by atoms with Gasteiger partial charge in [-0.05, 0) is 25.7 Å². The zero-order valence-electron chi connectivity index (χ0n) is 10.0. The van der Waals surface area contributed by atoms with Gasteiger partial charge in [-0.25, -0.2) is 0 Å². The lowest BCUT2D eigenvalue weighted by molar-refractivity contribution is -0.126. The molecule has 4 heteroatoms. The molecular weight excluding hydrogens is 192 g/mol. The lowest BCUT2D eigenvalue weighted by Gasteiger charge is -2.25. The standard InChI is InChI=1S/C11H24N2O2/c1-4-9(14)7-8-13-10(15)11(12,5-2)6-3/h9,14H,4-8,12H2,1-3H3,(H,13,15). The summed E-state index contributed by atoms with van der Waals surface area (Å²) in [6.45, 7) is 6.22. The van der Waals surface area contributed by atoms with Gasteiger partial charge in [0.25, 0.3) is 0 Å². The van der Waals surface area contributed by atoms with Crippen LogP contribution >= 0.6 is 0 Å². The predicted octanol–water partition coefficient (Wildman–Crippen LogP) is 0.781. The summed E-state index contributed by atoms with van der Waals surface area (Å²) < 4.78 is 0. The number of nitrogens with one attached hydrogen (secondary N) is 1. The lowest BCUT2D eigenvalue weighted by atomic mass is 9.93. The van der Waals surface area contributed by atoms with Crippen LogP contribution in [0.25, 0.3) is 0 Å². The van der Waals surface area contributed by atoms with Gasteiger partial charge in [0.05, 0.1) is 11.6 Å². The molecule has 0 aliphatic heterocycles. The molecule has 0 fully saturated rings. The molecule has 0 rings (SSSR count). The van der Waals surface area contributed by atoms with Gasteiger partial charge in [-0.3, -0.25) is 4.79 Å². The maximum Gasteiger partial charge on any atom is 0.240 e. The molecule has 0 aliphatic carbocycles. The maximum atomic E-state index is 11.7. The molecule has 0 saturated heterocycles. The third kappa shape index (κ3) is 4.62. The van der Waals surface area contributed by atoms with E-state index < -0.39 is 5.54 Å². The molecule has 0 radical (unpaired) electrons. The average Bonchev–Trinajstić information content (AvgIpc) is 2.27. The molecule has 0 aliphatic rings. The number of aliphatic hydroxyl groups is 1. The predicted molar refractivity (Wildman–Crippen MR) is 61.4 cm³/mol. The minimum atomic E-state index is -0.753. The number of hydrogen-bond acceptors (Lipinski definition) is 3. The highest BCUT2D eigenvalue weighted by Crippen LogP contribution is 2.10. The lowest BCUT2D eigenvalue weighted by Crippen LogP contribution is -2.53. The van der Waals surface area contributed by atoms with Crippen molar-refractivity contribution in [3.8, 4) is 0 Å². The second-order valence-electron chi connectivity index (χ2n) is 3.97. The van der Waals surface area contributed by atoms with Gasteiger partial charge in [0, 0.05) is 6.54 Å². The maximum absolute atomic E-state index is 11.7. The van der Waals surface area contributed by atoms with Crippen LogP contribution in [0.2, 0.25) is 0 Å². The first kappa shape index (κ1) is 14.4. The van der Waals surface area contributed by atoms with E-state index in [4.69, 9.17) is 5.73 Å². The Morgan fingerprint density at radius 2 is 1.93 bits per heavy atom. The molecule has 0 spiro atoms. The first-order chi connectivity index (χ1) is 7.00. The molecule has 0 aromatic heterocycles. The highest BCUT2D eigenvalue weighted by atomic mass is 16.3. The van der Waals surface area contributed by atoms with Crippen molar-refractivity contribution >= 4 is 5.91 Å². The summed E-state index contributed by atoms with van der Waals surface area (Å²) in [7, 11) is 0.